The topological polar surface area (TPSA) is 0 Å². The lowest BCUT2D eigenvalue weighted by Gasteiger charge is -2.10. The molecule has 1 heterocycles. The van der Waals surface area contributed by atoms with E-state index in [4.69, 9.17) is 11.6 Å². The largest absolute Gasteiger partial charge is 0.206 e. The Balaban J connectivity index is 2.47. The molecule has 2 aromatic rings. The van der Waals surface area contributed by atoms with E-state index < -0.39 is 17.0 Å². The molecule has 1 aromatic carbocycles. The van der Waals surface area contributed by atoms with Crippen LogP contribution in [-0.2, 0) is 0 Å². The highest BCUT2D eigenvalue weighted by Crippen LogP contribution is 2.37. The smallest absolute Gasteiger partial charge is 0.132 e. The number of halogens is 4. The average Bonchev–Trinajstić information content (AvgIpc) is 2.63. The van der Waals surface area contributed by atoms with Gasteiger partial charge >= 0.3 is 0 Å². The molecule has 0 saturated carbocycles. The lowest BCUT2D eigenvalue weighted by molar-refractivity contribution is 0.558. The zero-order valence-electron chi connectivity index (χ0n) is 8.81. The van der Waals surface area contributed by atoms with E-state index >= 15 is 0 Å². The average molecular weight is 338 g/mol. The molecule has 5 heteroatoms. The van der Waals surface area contributed by atoms with Crippen molar-refractivity contribution < 1.29 is 8.78 Å². The van der Waals surface area contributed by atoms with Crippen LogP contribution in [0.1, 0.15) is 20.7 Å². The Morgan fingerprint density at radius 2 is 1.82 bits per heavy atom. The van der Waals surface area contributed by atoms with E-state index in [1.54, 1.807) is 6.07 Å². The molecule has 0 fully saturated rings. The van der Waals surface area contributed by atoms with Crippen LogP contribution in [0.2, 0.25) is 0 Å². The summed E-state index contributed by atoms with van der Waals surface area (Å²) in [6.07, 6.45) is 0. The van der Waals surface area contributed by atoms with E-state index in [0.29, 0.717) is 4.47 Å². The molecule has 0 N–H and O–H groups in total. The van der Waals surface area contributed by atoms with Gasteiger partial charge in [-0.1, -0.05) is 15.9 Å². The molecule has 0 nitrogen and oxygen atoms in total. The number of aryl methyl sites for hydroxylation is 1. The van der Waals surface area contributed by atoms with Crippen molar-refractivity contribution in [2.45, 2.75) is 12.3 Å². The van der Waals surface area contributed by atoms with Gasteiger partial charge in [-0.05, 0) is 31.2 Å². The summed E-state index contributed by atoms with van der Waals surface area (Å²) in [5.74, 6) is -1.27. The molecule has 0 aliphatic heterocycles. The molecule has 0 saturated heterocycles. The SMILES string of the molecule is Cc1ccc(C(Cl)c2c(F)cc(Br)cc2F)s1. The summed E-state index contributed by atoms with van der Waals surface area (Å²) in [6, 6.07) is 6.10. The van der Waals surface area contributed by atoms with Crippen molar-refractivity contribution in [3.63, 3.8) is 0 Å². The van der Waals surface area contributed by atoms with Gasteiger partial charge in [0.2, 0.25) is 0 Å². The number of hydrogen-bond acceptors (Lipinski definition) is 1. The molecule has 0 radical (unpaired) electrons. The lowest BCUT2D eigenvalue weighted by atomic mass is 10.1. The molecule has 0 spiro atoms. The molecule has 17 heavy (non-hydrogen) atoms. The first-order valence-electron chi connectivity index (χ1n) is 4.84. The van der Waals surface area contributed by atoms with E-state index in [9.17, 15) is 8.78 Å². The van der Waals surface area contributed by atoms with Crippen LogP contribution in [0.15, 0.2) is 28.7 Å². The fourth-order valence-corrected chi connectivity index (χ4v) is 3.21. The summed E-state index contributed by atoms with van der Waals surface area (Å²) in [7, 11) is 0. The van der Waals surface area contributed by atoms with Crippen molar-refractivity contribution in [2.24, 2.45) is 0 Å². The molecule has 0 aliphatic carbocycles. The fourth-order valence-electron chi connectivity index (χ4n) is 1.53. The van der Waals surface area contributed by atoms with Crippen molar-refractivity contribution in [3.8, 4) is 0 Å². The first-order chi connectivity index (χ1) is 7.99. The van der Waals surface area contributed by atoms with Crippen molar-refractivity contribution in [1.29, 1.82) is 0 Å². The van der Waals surface area contributed by atoms with E-state index in [1.165, 1.54) is 23.5 Å². The first-order valence-corrected chi connectivity index (χ1v) is 6.88. The normalized spacial score (nSPS) is 12.8. The number of rotatable bonds is 2. The van der Waals surface area contributed by atoms with Gasteiger partial charge in [0, 0.05) is 19.8 Å². The van der Waals surface area contributed by atoms with Crippen LogP contribution in [0, 0.1) is 18.6 Å². The number of benzene rings is 1. The third-order valence-corrected chi connectivity index (χ3v) is 4.41. The Kier molecular flexibility index (Phi) is 3.85. The van der Waals surface area contributed by atoms with Gasteiger partial charge in [-0.15, -0.1) is 22.9 Å². The van der Waals surface area contributed by atoms with Gasteiger partial charge in [0.1, 0.15) is 11.6 Å². The Labute approximate surface area is 115 Å². The predicted molar refractivity (Wildman–Crippen MR) is 70.8 cm³/mol. The number of hydrogen-bond donors (Lipinski definition) is 0. The van der Waals surface area contributed by atoms with Crippen molar-refractivity contribution >= 4 is 38.9 Å². The van der Waals surface area contributed by atoms with Gasteiger partial charge in [0.15, 0.2) is 0 Å². The van der Waals surface area contributed by atoms with E-state index in [0.717, 1.165) is 9.75 Å². The monoisotopic (exact) mass is 336 g/mol. The molecule has 2 rings (SSSR count). The third-order valence-electron chi connectivity index (χ3n) is 2.31. The first kappa shape index (κ1) is 13.0. The van der Waals surface area contributed by atoms with Crippen LogP contribution in [-0.4, -0.2) is 0 Å². The van der Waals surface area contributed by atoms with Crippen molar-refractivity contribution in [3.05, 3.63) is 55.7 Å². The summed E-state index contributed by atoms with van der Waals surface area (Å²) >= 11 is 10.6. The highest BCUT2D eigenvalue weighted by atomic mass is 79.9. The highest BCUT2D eigenvalue weighted by molar-refractivity contribution is 9.10. The minimum absolute atomic E-state index is 0.100. The van der Waals surface area contributed by atoms with Crippen LogP contribution in [0.25, 0.3) is 0 Å². The Morgan fingerprint density at radius 1 is 1.24 bits per heavy atom. The summed E-state index contributed by atoms with van der Waals surface area (Å²) in [4.78, 5) is 1.80. The second-order valence-electron chi connectivity index (χ2n) is 3.59. The van der Waals surface area contributed by atoms with Gasteiger partial charge in [-0.3, -0.25) is 0 Å². The second-order valence-corrected chi connectivity index (χ2v) is 6.27. The van der Waals surface area contributed by atoms with Gasteiger partial charge in [0.25, 0.3) is 0 Å². The van der Waals surface area contributed by atoms with Gasteiger partial charge < -0.3 is 0 Å². The molecule has 0 aliphatic rings. The third kappa shape index (κ3) is 2.69. The molecule has 90 valence electrons. The maximum atomic E-state index is 13.7. The minimum Gasteiger partial charge on any atom is -0.206 e. The van der Waals surface area contributed by atoms with Crippen LogP contribution < -0.4 is 0 Å². The van der Waals surface area contributed by atoms with Crippen LogP contribution in [0.4, 0.5) is 8.78 Å². The Morgan fingerprint density at radius 3 is 2.29 bits per heavy atom. The van der Waals surface area contributed by atoms with E-state index in [2.05, 4.69) is 15.9 Å². The standard InChI is InChI=1S/C12H8BrClF2S/c1-6-2-3-10(17-6)12(14)11-8(15)4-7(13)5-9(11)16/h2-5,12H,1H3. The van der Waals surface area contributed by atoms with E-state index in [-0.39, 0.29) is 5.56 Å². The van der Waals surface area contributed by atoms with Crippen molar-refractivity contribution in [2.75, 3.05) is 0 Å². The summed E-state index contributed by atoms with van der Waals surface area (Å²) in [5.41, 5.74) is -0.100. The maximum Gasteiger partial charge on any atom is 0.132 e. The summed E-state index contributed by atoms with van der Waals surface area (Å²) < 4.78 is 27.8. The van der Waals surface area contributed by atoms with Crippen LogP contribution in [0.3, 0.4) is 0 Å². The summed E-state index contributed by atoms with van der Waals surface area (Å²) in [6.45, 7) is 1.92. The Hall–Kier alpha value is -0.450. The fraction of sp³-hybridized carbons (Fsp3) is 0.167. The van der Waals surface area contributed by atoms with Crippen LogP contribution in [0.5, 0.6) is 0 Å². The van der Waals surface area contributed by atoms with Gasteiger partial charge in [0.05, 0.1) is 5.38 Å². The second kappa shape index (κ2) is 5.04. The zero-order chi connectivity index (χ0) is 12.6. The van der Waals surface area contributed by atoms with Gasteiger partial charge in [-0.25, -0.2) is 8.78 Å². The van der Waals surface area contributed by atoms with Crippen LogP contribution >= 0.6 is 38.9 Å². The van der Waals surface area contributed by atoms with Gasteiger partial charge in [-0.2, -0.15) is 0 Å². The number of thiophene rings is 1. The molecular formula is C12H8BrClF2S. The molecule has 1 unspecified atom stereocenters. The predicted octanol–water partition coefficient (Wildman–Crippen LogP) is 5.43. The van der Waals surface area contributed by atoms with Crippen molar-refractivity contribution in [1.82, 2.24) is 0 Å². The molecule has 1 aromatic heterocycles. The zero-order valence-corrected chi connectivity index (χ0v) is 12.0. The Bertz CT molecular complexity index is 530. The molecule has 0 bridgehead atoms. The lowest BCUT2D eigenvalue weighted by Crippen LogP contribution is -1.99. The quantitative estimate of drug-likeness (QED) is 0.641. The maximum absolute atomic E-state index is 13.7. The molecular weight excluding hydrogens is 330 g/mol. The highest BCUT2D eigenvalue weighted by Gasteiger charge is 2.21. The molecule has 0 amide bonds. The summed E-state index contributed by atoms with van der Waals surface area (Å²) in [5, 5.41) is -0.790. The van der Waals surface area contributed by atoms with E-state index in [1.807, 2.05) is 13.0 Å². The minimum atomic E-state index is -0.790. The number of alkyl halides is 1. The molecule has 1 atom stereocenters.